The van der Waals surface area contributed by atoms with Crippen LogP contribution >= 0.6 is 11.3 Å². The van der Waals surface area contributed by atoms with Gasteiger partial charge in [0.2, 0.25) is 5.69 Å². The summed E-state index contributed by atoms with van der Waals surface area (Å²) in [5.74, 6) is 0. The molecule has 4 rings (SSSR count). The van der Waals surface area contributed by atoms with Crippen molar-refractivity contribution in [2.24, 2.45) is 0 Å². The number of thiophene rings is 1. The number of hydrogen-bond acceptors (Lipinski definition) is 1. The Morgan fingerprint density at radius 1 is 1.05 bits per heavy atom. The van der Waals surface area contributed by atoms with Crippen molar-refractivity contribution in [2.45, 2.75) is 26.8 Å². The van der Waals surface area contributed by atoms with Crippen molar-refractivity contribution < 1.29 is 4.57 Å². The molecule has 1 atom stereocenters. The average molecular weight is 266 g/mol. The second kappa shape index (κ2) is 3.67. The van der Waals surface area contributed by atoms with Gasteiger partial charge in [-0.15, -0.1) is 11.3 Å². The lowest BCUT2D eigenvalue weighted by Gasteiger charge is -2.03. The smallest absolute Gasteiger partial charge is 0.190 e. The summed E-state index contributed by atoms with van der Waals surface area (Å²) in [7, 11) is 0. The summed E-state index contributed by atoms with van der Waals surface area (Å²) in [4.78, 5) is 1.45. The Labute approximate surface area is 117 Å². The molecule has 0 amide bonds. The number of nitrogens with zero attached hydrogens (tertiary/aromatic N) is 1. The van der Waals surface area contributed by atoms with Crippen molar-refractivity contribution in [1.82, 2.24) is 0 Å². The van der Waals surface area contributed by atoms with Crippen molar-refractivity contribution in [3.8, 4) is 10.6 Å². The zero-order valence-electron chi connectivity index (χ0n) is 11.4. The van der Waals surface area contributed by atoms with Crippen molar-refractivity contribution in [1.29, 1.82) is 0 Å². The lowest BCUT2D eigenvalue weighted by Crippen LogP contribution is -2.36. The van der Waals surface area contributed by atoms with Gasteiger partial charge in [-0.25, -0.2) is 0 Å². The highest BCUT2D eigenvalue weighted by Gasteiger charge is 2.36. The Morgan fingerprint density at radius 3 is 2.68 bits per heavy atom. The van der Waals surface area contributed by atoms with Crippen LogP contribution in [0.1, 0.15) is 29.7 Å². The monoisotopic (exact) mass is 266 g/mol. The first-order valence-electron chi connectivity index (χ1n) is 6.70. The van der Waals surface area contributed by atoms with Gasteiger partial charge in [0.05, 0.1) is 5.56 Å². The molecule has 0 saturated carbocycles. The molecule has 1 aliphatic rings. The number of aromatic nitrogens is 1. The highest BCUT2D eigenvalue weighted by molar-refractivity contribution is 7.22. The van der Waals surface area contributed by atoms with E-state index in [4.69, 9.17) is 0 Å². The van der Waals surface area contributed by atoms with Crippen molar-refractivity contribution in [2.75, 3.05) is 0 Å². The normalized spacial score (nSPS) is 16.7. The second-order valence-corrected chi connectivity index (χ2v) is 6.57. The van der Waals surface area contributed by atoms with Crippen LogP contribution in [0.3, 0.4) is 0 Å². The summed E-state index contributed by atoms with van der Waals surface area (Å²) >= 11 is 1.93. The SMILES string of the molecule is Cc1ccc2c3c(sc2c1)-c1ccc(C)c[n+]1C3C. The molecule has 0 bridgehead atoms. The molecule has 2 heteroatoms. The fraction of sp³-hybridized carbons (Fsp3) is 0.235. The maximum absolute atomic E-state index is 2.41. The summed E-state index contributed by atoms with van der Waals surface area (Å²) in [5, 5.41) is 1.43. The van der Waals surface area contributed by atoms with Crippen LogP contribution in [0.4, 0.5) is 0 Å². The number of hydrogen-bond donors (Lipinski definition) is 0. The molecule has 1 aliphatic heterocycles. The fourth-order valence-corrected chi connectivity index (χ4v) is 4.53. The topological polar surface area (TPSA) is 3.88 Å². The van der Waals surface area contributed by atoms with Gasteiger partial charge in [0.15, 0.2) is 12.2 Å². The minimum absolute atomic E-state index is 0.446. The van der Waals surface area contributed by atoms with E-state index in [1.165, 1.54) is 37.3 Å². The summed E-state index contributed by atoms with van der Waals surface area (Å²) in [6, 6.07) is 11.7. The van der Waals surface area contributed by atoms with Crippen LogP contribution in [0.15, 0.2) is 36.5 Å². The van der Waals surface area contributed by atoms with E-state index < -0.39 is 0 Å². The Kier molecular flexibility index (Phi) is 2.16. The molecule has 0 saturated heterocycles. The van der Waals surface area contributed by atoms with Gasteiger partial charge < -0.3 is 0 Å². The maximum Gasteiger partial charge on any atom is 0.223 e. The zero-order chi connectivity index (χ0) is 13.1. The van der Waals surface area contributed by atoms with E-state index in [2.05, 4.69) is 61.9 Å². The minimum Gasteiger partial charge on any atom is -0.190 e. The summed E-state index contributed by atoms with van der Waals surface area (Å²) in [6.07, 6.45) is 2.27. The molecule has 0 spiro atoms. The lowest BCUT2D eigenvalue weighted by atomic mass is 10.1. The fourth-order valence-electron chi connectivity index (χ4n) is 3.11. The molecule has 1 unspecified atom stereocenters. The van der Waals surface area contributed by atoms with Gasteiger partial charge >= 0.3 is 0 Å². The Balaban J connectivity index is 2.08. The molecule has 0 aliphatic carbocycles. The molecule has 94 valence electrons. The summed E-state index contributed by atoms with van der Waals surface area (Å²) in [6.45, 7) is 6.63. The van der Waals surface area contributed by atoms with Gasteiger partial charge in [-0.2, -0.15) is 4.57 Å². The van der Waals surface area contributed by atoms with Gasteiger partial charge in [-0.05, 0) is 31.5 Å². The Bertz CT molecular complexity index is 813. The Morgan fingerprint density at radius 2 is 1.84 bits per heavy atom. The first-order chi connectivity index (χ1) is 9.15. The summed E-state index contributed by atoms with van der Waals surface area (Å²) < 4.78 is 3.83. The van der Waals surface area contributed by atoms with Gasteiger partial charge in [-0.3, -0.25) is 0 Å². The third-order valence-corrected chi connectivity index (χ3v) is 5.27. The molecule has 2 aromatic heterocycles. The predicted octanol–water partition coefficient (Wildman–Crippen LogP) is 4.40. The highest BCUT2D eigenvalue weighted by atomic mass is 32.1. The van der Waals surface area contributed by atoms with Crippen molar-refractivity contribution in [3.05, 3.63) is 53.2 Å². The molecular formula is C17H16NS+. The zero-order valence-corrected chi connectivity index (χ0v) is 12.2. The predicted molar refractivity (Wildman–Crippen MR) is 80.7 cm³/mol. The molecule has 0 N–H and O–H groups in total. The second-order valence-electron chi connectivity index (χ2n) is 5.52. The van der Waals surface area contributed by atoms with Crippen molar-refractivity contribution >= 4 is 21.4 Å². The van der Waals surface area contributed by atoms with Crippen LogP contribution in [-0.2, 0) is 0 Å². The van der Waals surface area contributed by atoms with E-state index in [1.54, 1.807) is 0 Å². The Hall–Kier alpha value is -1.67. The van der Waals surface area contributed by atoms with E-state index >= 15 is 0 Å². The van der Waals surface area contributed by atoms with Gasteiger partial charge in [-0.1, -0.05) is 12.1 Å². The number of benzene rings is 1. The van der Waals surface area contributed by atoms with E-state index in [9.17, 15) is 0 Å². The number of pyridine rings is 1. The van der Waals surface area contributed by atoms with Crippen LogP contribution in [-0.4, -0.2) is 0 Å². The first-order valence-corrected chi connectivity index (χ1v) is 7.52. The van der Waals surface area contributed by atoms with Crippen LogP contribution in [0.5, 0.6) is 0 Å². The van der Waals surface area contributed by atoms with Gasteiger partial charge in [0.1, 0.15) is 4.88 Å². The number of aryl methyl sites for hydroxylation is 2. The third-order valence-electron chi connectivity index (χ3n) is 4.08. The molecule has 3 heterocycles. The maximum atomic E-state index is 2.41. The van der Waals surface area contributed by atoms with Crippen LogP contribution < -0.4 is 4.57 Å². The van der Waals surface area contributed by atoms with Gasteiger partial charge in [0, 0.05) is 28.6 Å². The molecule has 0 fully saturated rings. The van der Waals surface area contributed by atoms with Crippen LogP contribution in [0, 0.1) is 13.8 Å². The molecule has 0 radical (unpaired) electrons. The quantitative estimate of drug-likeness (QED) is 0.531. The standard InChI is InChI=1S/C17H16NS/c1-10-4-6-13-15(8-10)19-17-14-7-5-11(2)9-18(14)12(3)16(13)17/h4-9,12H,1-3H3/q+1. The van der Waals surface area contributed by atoms with Crippen molar-refractivity contribution in [3.63, 3.8) is 0 Å². The first kappa shape index (κ1) is 11.2. The summed E-state index contributed by atoms with van der Waals surface area (Å²) in [5.41, 5.74) is 5.54. The average Bonchev–Trinajstić information content (AvgIpc) is 2.86. The van der Waals surface area contributed by atoms with Crippen LogP contribution in [0.25, 0.3) is 20.7 Å². The molecular weight excluding hydrogens is 250 g/mol. The molecule has 1 aromatic carbocycles. The number of fused-ring (bicyclic) bond motifs is 5. The van der Waals surface area contributed by atoms with Crippen LogP contribution in [0.2, 0.25) is 0 Å². The largest absolute Gasteiger partial charge is 0.223 e. The van der Waals surface area contributed by atoms with E-state index in [0.29, 0.717) is 6.04 Å². The van der Waals surface area contributed by atoms with E-state index in [0.717, 1.165) is 0 Å². The van der Waals surface area contributed by atoms with E-state index in [-0.39, 0.29) is 0 Å². The third kappa shape index (κ3) is 1.44. The molecule has 1 nitrogen and oxygen atoms in total. The van der Waals surface area contributed by atoms with Gasteiger partial charge in [0.25, 0.3) is 0 Å². The highest BCUT2D eigenvalue weighted by Crippen LogP contribution is 2.44. The lowest BCUT2D eigenvalue weighted by molar-refractivity contribution is -0.694. The number of rotatable bonds is 0. The molecule has 3 aromatic rings. The minimum atomic E-state index is 0.446. The van der Waals surface area contributed by atoms with E-state index in [1.807, 2.05) is 11.3 Å². The molecule has 19 heavy (non-hydrogen) atoms.